The molecule has 1 aliphatic heterocycles. The second-order valence-corrected chi connectivity index (χ2v) is 7.17. The fraction of sp³-hybridized carbons (Fsp3) is 0.273. The van der Waals surface area contributed by atoms with Gasteiger partial charge in [-0.1, -0.05) is 36.4 Å². The van der Waals surface area contributed by atoms with Crippen LogP contribution in [0.1, 0.15) is 27.9 Å². The van der Waals surface area contributed by atoms with Gasteiger partial charge in [-0.25, -0.2) is 4.68 Å². The highest BCUT2D eigenvalue weighted by Crippen LogP contribution is 2.34. The molecule has 144 valence electrons. The highest BCUT2D eigenvalue weighted by molar-refractivity contribution is 5.94. The number of aliphatic hydroxyl groups is 1. The molecule has 0 spiro atoms. The molecule has 6 nitrogen and oxygen atoms in total. The number of β-amino-alcohol motifs (C(OH)–C–C–N with tert-alkyl or cyclic N) is 1. The van der Waals surface area contributed by atoms with E-state index in [0.29, 0.717) is 24.3 Å². The molecule has 1 unspecified atom stereocenters. The minimum absolute atomic E-state index is 0.134. The SMILES string of the molecule is COc1ccccc1-n1cc(C(=O)N2CCC(O)(c3ccccc3C)C2)cn1. The molecule has 0 aliphatic carbocycles. The van der Waals surface area contributed by atoms with Gasteiger partial charge in [-0.05, 0) is 36.6 Å². The van der Waals surface area contributed by atoms with Crippen molar-refractivity contribution in [3.8, 4) is 11.4 Å². The molecule has 1 atom stereocenters. The molecule has 2 heterocycles. The van der Waals surface area contributed by atoms with E-state index in [-0.39, 0.29) is 12.5 Å². The van der Waals surface area contributed by atoms with Gasteiger partial charge in [0, 0.05) is 12.7 Å². The van der Waals surface area contributed by atoms with Gasteiger partial charge in [-0.2, -0.15) is 5.10 Å². The maximum absolute atomic E-state index is 13.0. The lowest BCUT2D eigenvalue weighted by molar-refractivity contribution is 0.0412. The summed E-state index contributed by atoms with van der Waals surface area (Å²) in [6.07, 6.45) is 3.77. The number of carbonyl (C=O) groups excluding carboxylic acids is 1. The van der Waals surface area contributed by atoms with Gasteiger partial charge in [0.2, 0.25) is 0 Å². The Hall–Kier alpha value is -3.12. The summed E-state index contributed by atoms with van der Waals surface area (Å²) in [5.41, 5.74) is 2.15. The van der Waals surface area contributed by atoms with Crippen molar-refractivity contribution in [3.63, 3.8) is 0 Å². The first-order chi connectivity index (χ1) is 13.5. The number of nitrogens with zero attached hydrogens (tertiary/aromatic N) is 3. The fourth-order valence-electron chi connectivity index (χ4n) is 3.85. The zero-order valence-electron chi connectivity index (χ0n) is 16.0. The summed E-state index contributed by atoms with van der Waals surface area (Å²) < 4.78 is 7.00. The van der Waals surface area contributed by atoms with Crippen LogP contribution in [0.15, 0.2) is 60.9 Å². The van der Waals surface area contributed by atoms with Crippen LogP contribution in [0.3, 0.4) is 0 Å². The maximum atomic E-state index is 13.0. The predicted molar refractivity (Wildman–Crippen MR) is 106 cm³/mol. The quantitative estimate of drug-likeness (QED) is 0.759. The second-order valence-electron chi connectivity index (χ2n) is 7.17. The molecule has 1 aliphatic rings. The number of benzene rings is 2. The van der Waals surface area contributed by atoms with Crippen molar-refractivity contribution in [3.05, 3.63) is 77.6 Å². The number of methoxy groups -OCH3 is 1. The van der Waals surface area contributed by atoms with E-state index in [1.807, 2.05) is 55.5 Å². The van der Waals surface area contributed by atoms with E-state index in [0.717, 1.165) is 16.8 Å². The Bertz CT molecular complexity index is 1010. The van der Waals surface area contributed by atoms with Gasteiger partial charge < -0.3 is 14.7 Å². The lowest BCUT2D eigenvalue weighted by Crippen LogP contribution is -2.34. The number of aryl methyl sites for hydroxylation is 1. The number of ether oxygens (including phenoxy) is 1. The van der Waals surface area contributed by atoms with E-state index >= 15 is 0 Å². The Kier molecular flexibility index (Phi) is 4.65. The van der Waals surface area contributed by atoms with E-state index in [9.17, 15) is 9.90 Å². The Morgan fingerprint density at radius 3 is 2.71 bits per heavy atom. The number of rotatable bonds is 4. The van der Waals surface area contributed by atoms with E-state index in [2.05, 4.69) is 5.10 Å². The van der Waals surface area contributed by atoms with Crippen LogP contribution in [0.25, 0.3) is 5.69 Å². The molecule has 1 fully saturated rings. The average molecular weight is 377 g/mol. The number of carbonyl (C=O) groups is 1. The lowest BCUT2D eigenvalue weighted by atomic mass is 9.89. The van der Waals surface area contributed by atoms with Crippen molar-refractivity contribution in [2.75, 3.05) is 20.2 Å². The zero-order chi connectivity index (χ0) is 19.7. The smallest absolute Gasteiger partial charge is 0.257 e. The molecular formula is C22H23N3O3. The number of aromatic nitrogens is 2. The van der Waals surface area contributed by atoms with Gasteiger partial charge in [0.15, 0.2) is 0 Å². The van der Waals surface area contributed by atoms with Crippen LogP contribution in [-0.4, -0.2) is 45.9 Å². The molecular weight excluding hydrogens is 354 g/mol. The Labute approximate surface area is 164 Å². The summed E-state index contributed by atoms with van der Waals surface area (Å²) in [7, 11) is 1.60. The summed E-state index contributed by atoms with van der Waals surface area (Å²) in [6, 6.07) is 15.3. The first kappa shape index (κ1) is 18.3. The number of para-hydroxylation sites is 2. The number of hydrogen-bond acceptors (Lipinski definition) is 4. The summed E-state index contributed by atoms with van der Waals surface area (Å²) >= 11 is 0. The van der Waals surface area contributed by atoms with E-state index in [1.54, 1.807) is 29.1 Å². The monoisotopic (exact) mass is 377 g/mol. The number of amides is 1. The van der Waals surface area contributed by atoms with E-state index in [4.69, 9.17) is 4.74 Å². The Balaban J connectivity index is 1.55. The normalized spacial score (nSPS) is 19.0. The van der Waals surface area contributed by atoms with Crippen molar-refractivity contribution in [2.24, 2.45) is 0 Å². The van der Waals surface area contributed by atoms with Crippen LogP contribution >= 0.6 is 0 Å². The van der Waals surface area contributed by atoms with Gasteiger partial charge in [0.25, 0.3) is 5.91 Å². The molecule has 0 radical (unpaired) electrons. The molecule has 6 heteroatoms. The van der Waals surface area contributed by atoms with Crippen molar-refractivity contribution >= 4 is 5.91 Å². The topological polar surface area (TPSA) is 67.6 Å². The third-order valence-electron chi connectivity index (χ3n) is 5.34. The number of hydrogen-bond donors (Lipinski definition) is 1. The first-order valence-corrected chi connectivity index (χ1v) is 9.28. The second kappa shape index (κ2) is 7.13. The van der Waals surface area contributed by atoms with Crippen molar-refractivity contribution in [1.29, 1.82) is 0 Å². The van der Waals surface area contributed by atoms with Gasteiger partial charge in [0.1, 0.15) is 17.0 Å². The van der Waals surface area contributed by atoms with Crippen LogP contribution < -0.4 is 4.74 Å². The van der Waals surface area contributed by atoms with Gasteiger partial charge in [-0.15, -0.1) is 0 Å². The fourth-order valence-corrected chi connectivity index (χ4v) is 3.85. The molecule has 3 aromatic rings. The summed E-state index contributed by atoms with van der Waals surface area (Å²) in [6.45, 7) is 2.76. The number of likely N-dealkylation sites (tertiary alicyclic amines) is 1. The van der Waals surface area contributed by atoms with Crippen LogP contribution in [0.4, 0.5) is 0 Å². The summed E-state index contributed by atoms with van der Waals surface area (Å²) in [5, 5.41) is 15.5. The van der Waals surface area contributed by atoms with Crippen LogP contribution in [-0.2, 0) is 5.60 Å². The Morgan fingerprint density at radius 1 is 1.18 bits per heavy atom. The molecule has 1 amide bonds. The highest BCUT2D eigenvalue weighted by Gasteiger charge is 2.40. The standard InChI is InChI=1S/C22H23N3O3/c1-16-7-3-4-8-18(16)22(27)11-12-24(15-22)21(26)17-13-23-25(14-17)19-9-5-6-10-20(19)28-2/h3-10,13-14,27H,11-12,15H2,1-2H3. The summed E-state index contributed by atoms with van der Waals surface area (Å²) in [5.74, 6) is 0.547. The van der Waals surface area contributed by atoms with E-state index < -0.39 is 5.60 Å². The minimum atomic E-state index is -1.01. The van der Waals surface area contributed by atoms with Gasteiger partial charge in [0.05, 0.1) is 25.4 Å². The maximum Gasteiger partial charge on any atom is 0.257 e. The van der Waals surface area contributed by atoms with Gasteiger partial charge >= 0.3 is 0 Å². The largest absolute Gasteiger partial charge is 0.494 e. The lowest BCUT2D eigenvalue weighted by Gasteiger charge is -2.25. The third kappa shape index (κ3) is 3.16. The van der Waals surface area contributed by atoms with Crippen LogP contribution in [0, 0.1) is 6.92 Å². The van der Waals surface area contributed by atoms with Crippen molar-refractivity contribution in [1.82, 2.24) is 14.7 Å². The molecule has 4 rings (SSSR count). The van der Waals surface area contributed by atoms with Crippen LogP contribution in [0.2, 0.25) is 0 Å². The van der Waals surface area contributed by atoms with E-state index in [1.165, 1.54) is 0 Å². The Morgan fingerprint density at radius 2 is 1.93 bits per heavy atom. The minimum Gasteiger partial charge on any atom is -0.494 e. The molecule has 1 saturated heterocycles. The highest BCUT2D eigenvalue weighted by atomic mass is 16.5. The van der Waals surface area contributed by atoms with Gasteiger partial charge in [-0.3, -0.25) is 4.79 Å². The average Bonchev–Trinajstić information content (AvgIpc) is 3.35. The first-order valence-electron chi connectivity index (χ1n) is 9.28. The predicted octanol–water partition coefficient (Wildman–Crippen LogP) is 2.92. The van der Waals surface area contributed by atoms with Crippen molar-refractivity contribution < 1.29 is 14.6 Å². The summed E-state index contributed by atoms with van der Waals surface area (Å²) in [4.78, 5) is 14.7. The van der Waals surface area contributed by atoms with Crippen molar-refractivity contribution in [2.45, 2.75) is 18.9 Å². The van der Waals surface area contributed by atoms with Crippen LogP contribution in [0.5, 0.6) is 5.75 Å². The molecule has 0 saturated carbocycles. The molecule has 28 heavy (non-hydrogen) atoms. The molecule has 0 bridgehead atoms. The molecule has 2 aromatic carbocycles. The molecule has 1 aromatic heterocycles. The third-order valence-corrected chi connectivity index (χ3v) is 5.34. The molecule has 1 N–H and O–H groups in total. The zero-order valence-corrected chi connectivity index (χ0v) is 16.0.